The van der Waals surface area contributed by atoms with Crippen LogP contribution in [0, 0.1) is 0 Å². The smallest absolute Gasteiger partial charge is 0.239 e. The standard InChI is InChI=1S/C19H24N2O2/c1-23-15-12-17(20-13-15)18(22)21-10-8-19(9-11-21)7-6-14-4-2-3-5-16(14)19/h2-7,15,17,20H,8-13H2,1H3/t15-,17-/m0/s1. The fraction of sp³-hybridized carbons (Fsp3) is 0.526. The molecule has 0 radical (unpaired) electrons. The van der Waals surface area contributed by atoms with E-state index >= 15 is 0 Å². The average molecular weight is 312 g/mol. The van der Waals surface area contributed by atoms with E-state index in [1.54, 1.807) is 7.11 Å². The minimum Gasteiger partial charge on any atom is -0.380 e. The Morgan fingerprint density at radius 3 is 2.83 bits per heavy atom. The van der Waals surface area contributed by atoms with Gasteiger partial charge in [-0.25, -0.2) is 0 Å². The number of piperidine rings is 1. The third kappa shape index (κ3) is 2.50. The molecule has 1 N–H and O–H groups in total. The Kier molecular flexibility index (Phi) is 3.74. The zero-order valence-electron chi connectivity index (χ0n) is 13.6. The fourth-order valence-corrected chi connectivity index (χ4v) is 4.29. The van der Waals surface area contributed by atoms with Crippen LogP contribution in [-0.4, -0.2) is 49.7 Å². The number of ether oxygens (including phenoxy) is 1. The van der Waals surface area contributed by atoms with Crippen molar-refractivity contribution in [3.05, 3.63) is 41.5 Å². The number of hydrogen-bond acceptors (Lipinski definition) is 3. The van der Waals surface area contributed by atoms with Crippen molar-refractivity contribution < 1.29 is 9.53 Å². The number of hydrogen-bond donors (Lipinski definition) is 1. The van der Waals surface area contributed by atoms with E-state index in [1.165, 1.54) is 11.1 Å². The first-order chi connectivity index (χ1) is 11.2. The van der Waals surface area contributed by atoms with Crippen LogP contribution >= 0.6 is 0 Å². The maximum absolute atomic E-state index is 12.7. The number of benzene rings is 1. The fourth-order valence-electron chi connectivity index (χ4n) is 4.29. The second-order valence-corrected chi connectivity index (χ2v) is 6.96. The topological polar surface area (TPSA) is 41.6 Å². The molecular weight excluding hydrogens is 288 g/mol. The summed E-state index contributed by atoms with van der Waals surface area (Å²) in [6, 6.07) is 8.58. The second-order valence-electron chi connectivity index (χ2n) is 6.96. The van der Waals surface area contributed by atoms with Crippen molar-refractivity contribution in [3.8, 4) is 0 Å². The normalized spacial score (nSPS) is 28.3. The molecule has 0 bridgehead atoms. The second kappa shape index (κ2) is 5.77. The Labute approximate surface area is 137 Å². The van der Waals surface area contributed by atoms with E-state index in [9.17, 15) is 4.79 Å². The van der Waals surface area contributed by atoms with Gasteiger partial charge in [0.1, 0.15) is 0 Å². The van der Waals surface area contributed by atoms with Gasteiger partial charge in [-0.2, -0.15) is 0 Å². The molecule has 4 nitrogen and oxygen atoms in total. The van der Waals surface area contributed by atoms with E-state index in [0.717, 1.165) is 38.9 Å². The molecule has 3 aliphatic rings. The van der Waals surface area contributed by atoms with Gasteiger partial charge in [0, 0.05) is 32.2 Å². The van der Waals surface area contributed by atoms with E-state index < -0.39 is 0 Å². The number of likely N-dealkylation sites (tertiary alicyclic amines) is 1. The van der Waals surface area contributed by atoms with Gasteiger partial charge in [-0.05, 0) is 30.4 Å². The molecule has 1 aliphatic carbocycles. The predicted molar refractivity (Wildman–Crippen MR) is 90.2 cm³/mol. The minimum atomic E-state index is -0.0691. The number of carbonyl (C=O) groups is 1. The van der Waals surface area contributed by atoms with Crippen LogP contribution in [0.25, 0.3) is 6.08 Å². The van der Waals surface area contributed by atoms with Crippen molar-refractivity contribution in [2.45, 2.75) is 36.8 Å². The number of nitrogens with one attached hydrogen (secondary N) is 1. The van der Waals surface area contributed by atoms with Crippen molar-refractivity contribution in [2.24, 2.45) is 0 Å². The summed E-state index contributed by atoms with van der Waals surface area (Å²) < 4.78 is 5.35. The van der Waals surface area contributed by atoms with Crippen LogP contribution in [0.1, 0.15) is 30.4 Å². The number of amides is 1. The lowest BCUT2D eigenvalue weighted by atomic mass is 9.74. The highest BCUT2D eigenvalue weighted by molar-refractivity contribution is 5.82. The van der Waals surface area contributed by atoms with Crippen molar-refractivity contribution in [2.75, 3.05) is 26.7 Å². The summed E-state index contributed by atoms with van der Waals surface area (Å²) in [4.78, 5) is 14.7. The van der Waals surface area contributed by atoms with Crippen LogP contribution in [0.3, 0.4) is 0 Å². The van der Waals surface area contributed by atoms with Crippen LogP contribution in [-0.2, 0) is 14.9 Å². The maximum atomic E-state index is 12.7. The highest BCUT2D eigenvalue weighted by atomic mass is 16.5. The van der Waals surface area contributed by atoms with E-state index in [2.05, 4.69) is 41.7 Å². The first kappa shape index (κ1) is 14.9. The summed E-state index contributed by atoms with van der Waals surface area (Å²) in [5.41, 5.74) is 2.92. The van der Waals surface area contributed by atoms with Gasteiger partial charge in [-0.15, -0.1) is 0 Å². The van der Waals surface area contributed by atoms with Gasteiger partial charge >= 0.3 is 0 Å². The van der Waals surface area contributed by atoms with Crippen molar-refractivity contribution >= 4 is 12.0 Å². The third-order valence-corrected chi connectivity index (χ3v) is 5.77. The lowest BCUT2D eigenvalue weighted by molar-refractivity contribution is -0.134. The van der Waals surface area contributed by atoms with Gasteiger partial charge in [0.05, 0.1) is 12.1 Å². The van der Waals surface area contributed by atoms with Gasteiger partial charge in [-0.3, -0.25) is 4.79 Å². The van der Waals surface area contributed by atoms with E-state index in [0.29, 0.717) is 0 Å². The average Bonchev–Trinajstić information content (AvgIpc) is 3.21. The molecular formula is C19H24N2O2. The summed E-state index contributed by atoms with van der Waals surface area (Å²) in [5.74, 6) is 0.245. The monoisotopic (exact) mass is 312 g/mol. The SMILES string of the molecule is CO[C@@H]1CN[C@H](C(=O)N2CCC3(C=Cc4ccccc43)CC2)C1. The Morgan fingerprint density at radius 1 is 1.30 bits per heavy atom. The molecule has 23 heavy (non-hydrogen) atoms. The molecule has 1 aromatic rings. The van der Waals surface area contributed by atoms with E-state index in [-0.39, 0.29) is 23.5 Å². The molecule has 4 rings (SSSR count). The molecule has 4 heteroatoms. The maximum Gasteiger partial charge on any atom is 0.239 e. The van der Waals surface area contributed by atoms with Crippen molar-refractivity contribution in [3.63, 3.8) is 0 Å². The zero-order valence-corrected chi connectivity index (χ0v) is 13.6. The first-order valence-electron chi connectivity index (χ1n) is 8.55. The number of rotatable bonds is 2. The van der Waals surface area contributed by atoms with Crippen LogP contribution in [0.5, 0.6) is 0 Å². The molecule has 2 fully saturated rings. The van der Waals surface area contributed by atoms with Crippen LogP contribution in [0.15, 0.2) is 30.3 Å². The van der Waals surface area contributed by atoms with Gasteiger partial charge in [0.25, 0.3) is 0 Å². The largest absolute Gasteiger partial charge is 0.380 e. The molecule has 2 heterocycles. The molecule has 0 aromatic heterocycles. The molecule has 0 unspecified atom stereocenters. The Balaban J connectivity index is 1.42. The number of nitrogens with zero attached hydrogens (tertiary/aromatic N) is 1. The molecule has 0 saturated carbocycles. The molecule has 2 saturated heterocycles. The molecule has 122 valence electrons. The van der Waals surface area contributed by atoms with Crippen molar-refractivity contribution in [1.29, 1.82) is 0 Å². The molecule has 2 aliphatic heterocycles. The van der Waals surface area contributed by atoms with Crippen LogP contribution < -0.4 is 5.32 Å². The molecule has 2 atom stereocenters. The van der Waals surface area contributed by atoms with E-state index in [4.69, 9.17) is 4.74 Å². The predicted octanol–water partition coefficient (Wildman–Crippen LogP) is 1.95. The molecule has 1 amide bonds. The highest BCUT2D eigenvalue weighted by Gasteiger charge is 2.40. The molecule has 1 spiro atoms. The Morgan fingerprint density at radius 2 is 2.09 bits per heavy atom. The van der Waals surface area contributed by atoms with Gasteiger partial charge in [0.15, 0.2) is 0 Å². The number of carbonyl (C=O) groups excluding carboxylic acids is 1. The summed E-state index contributed by atoms with van der Waals surface area (Å²) in [6.45, 7) is 2.46. The Hall–Kier alpha value is -1.65. The van der Waals surface area contributed by atoms with Crippen LogP contribution in [0.4, 0.5) is 0 Å². The lowest BCUT2D eigenvalue weighted by Gasteiger charge is -2.40. The summed E-state index contributed by atoms with van der Waals surface area (Å²) in [5, 5.41) is 3.30. The van der Waals surface area contributed by atoms with Gasteiger partial charge in [0.2, 0.25) is 5.91 Å². The van der Waals surface area contributed by atoms with Crippen molar-refractivity contribution in [1.82, 2.24) is 10.2 Å². The number of methoxy groups -OCH3 is 1. The Bertz CT molecular complexity index is 632. The minimum absolute atomic E-state index is 0.0691. The lowest BCUT2D eigenvalue weighted by Crippen LogP contribution is -2.49. The number of fused-ring (bicyclic) bond motifs is 2. The first-order valence-corrected chi connectivity index (χ1v) is 8.55. The highest BCUT2D eigenvalue weighted by Crippen LogP contribution is 2.43. The zero-order chi connectivity index (χ0) is 15.9. The summed E-state index contributed by atoms with van der Waals surface area (Å²) in [7, 11) is 1.72. The van der Waals surface area contributed by atoms with E-state index in [1.807, 2.05) is 4.90 Å². The molecule has 1 aromatic carbocycles. The summed E-state index contributed by atoms with van der Waals surface area (Å²) >= 11 is 0. The quantitative estimate of drug-likeness (QED) is 0.907. The van der Waals surface area contributed by atoms with Gasteiger partial charge in [-0.1, -0.05) is 36.4 Å². The third-order valence-electron chi connectivity index (χ3n) is 5.77. The number of allylic oxidation sites excluding steroid dienone is 1. The summed E-state index contributed by atoms with van der Waals surface area (Å²) in [6.07, 6.45) is 7.60. The van der Waals surface area contributed by atoms with Crippen LogP contribution in [0.2, 0.25) is 0 Å². The van der Waals surface area contributed by atoms with Gasteiger partial charge < -0.3 is 15.0 Å².